The minimum atomic E-state index is -0.611. The van der Waals surface area contributed by atoms with Gasteiger partial charge in [-0.15, -0.1) is 0 Å². The van der Waals surface area contributed by atoms with Crippen LogP contribution < -0.4 is 9.64 Å². The van der Waals surface area contributed by atoms with E-state index in [1.807, 2.05) is 12.1 Å². The number of nitrogens with zero attached hydrogens (tertiary/aromatic N) is 2. The van der Waals surface area contributed by atoms with Crippen LogP contribution in [0.4, 0.5) is 5.69 Å². The summed E-state index contributed by atoms with van der Waals surface area (Å²) < 4.78 is 6.85. The van der Waals surface area contributed by atoms with E-state index in [4.69, 9.17) is 4.74 Å². The lowest BCUT2D eigenvalue weighted by Crippen LogP contribution is -2.58. The molecule has 0 fully saturated rings. The quantitative estimate of drug-likeness (QED) is 0.407. The maximum atomic E-state index is 12.9. The smallest absolute Gasteiger partial charge is 0.257 e. The third-order valence-corrected chi connectivity index (χ3v) is 8.98. The fraction of sp³-hybridized carbons (Fsp3) is 0.312. The molecule has 0 radical (unpaired) electrons. The molecule has 0 saturated heterocycles. The second kappa shape index (κ2) is 7.58. The van der Waals surface area contributed by atoms with E-state index < -0.39 is 5.72 Å². The molecule has 3 aliphatic heterocycles. The summed E-state index contributed by atoms with van der Waals surface area (Å²) in [6, 6.07) is 18.8. The summed E-state index contributed by atoms with van der Waals surface area (Å²) in [4.78, 5) is 29.5. The van der Waals surface area contributed by atoms with Crippen LogP contribution in [0.5, 0.6) is 5.75 Å². The van der Waals surface area contributed by atoms with E-state index in [-0.39, 0.29) is 17.2 Å². The molecule has 7 rings (SSSR count). The number of anilines is 1. The summed E-state index contributed by atoms with van der Waals surface area (Å²) in [5.74, 6) is 0.657. The van der Waals surface area contributed by atoms with Gasteiger partial charge in [-0.3, -0.25) is 14.5 Å². The van der Waals surface area contributed by atoms with Gasteiger partial charge < -0.3 is 9.64 Å². The highest BCUT2D eigenvalue weighted by Crippen LogP contribution is 2.54. The fourth-order valence-corrected chi connectivity index (χ4v) is 6.86. The van der Waals surface area contributed by atoms with Crippen molar-refractivity contribution in [3.8, 4) is 5.75 Å². The number of rotatable bonds is 2. The molecule has 1 aliphatic carbocycles. The van der Waals surface area contributed by atoms with Gasteiger partial charge in [0.15, 0.2) is 0 Å². The zero-order valence-corrected chi connectivity index (χ0v) is 21.5. The number of benzene rings is 3. The van der Waals surface area contributed by atoms with Crippen LogP contribution in [0.15, 0.2) is 71.8 Å². The van der Waals surface area contributed by atoms with Gasteiger partial charge in [-0.2, -0.15) is 0 Å². The molecule has 0 N–H and O–H groups in total. The number of hydrogen-bond acceptors (Lipinski definition) is 4. The Bertz CT molecular complexity index is 1550. The van der Waals surface area contributed by atoms with Gasteiger partial charge in [-0.25, -0.2) is 0 Å². The molecule has 3 heterocycles. The Kier molecular flexibility index (Phi) is 4.58. The van der Waals surface area contributed by atoms with Crippen LogP contribution in [-0.2, 0) is 21.5 Å². The molecule has 3 aromatic rings. The van der Waals surface area contributed by atoms with E-state index in [9.17, 15) is 9.59 Å². The number of carbonyl (C=O) groups is 2. The summed E-state index contributed by atoms with van der Waals surface area (Å²) in [5.41, 5.74) is 5.10. The lowest BCUT2D eigenvalue weighted by atomic mass is 9.76. The molecule has 3 aromatic carbocycles. The molecule has 1 unspecified atom stereocenters. The molecule has 0 bridgehead atoms. The highest BCUT2D eigenvalue weighted by molar-refractivity contribution is 6.19. The summed E-state index contributed by atoms with van der Waals surface area (Å²) in [7, 11) is 2.10. The number of para-hydroxylation sites is 1. The van der Waals surface area contributed by atoms with Crippen LogP contribution >= 0.6 is 0 Å². The fourth-order valence-electron chi connectivity index (χ4n) is 6.86. The monoisotopic (exact) mass is 490 g/mol. The van der Waals surface area contributed by atoms with Crippen molar-refractivity contribution in [3.05, 3.63) is 88.5 Å². The Morgan fingerprint density at radius 3 is 2.38 bits per heavy atom. The molecule has 1 atom stereocenters. The number of fused-ring (bicyclic) bond motifs is 4. The predicted octanol–water partition coefficient (Wildman–Crippen LogP) is 6.11. The number of hydrogen-bond donors (Lipinski definition) is 0. The van der Waals surface area contributed by atoms with Crippen molar-refractivity contribution in [2.45, 2.75) is 57.2 Å². The SMILES string of the molecule is CN1c2ccccc2C(C)(C)C12C=Cc1c(ccc3cc(CN4C(=O)C5=C(CCCC5)C4=O)ccc13)O2. The van der Waals surface area contributed by atoms with Crippen molar-refractivity contribution in [1.29, 1.82) is 0 Å². The van der Waals surface area contributed by atoms with Gasteiger partial charge in [0.25, 0.3) is 11.8 Å². The number of imide groups is 1. The van der Waals surface area contributed by atoms with Crippen LogP contribution in [-0.4, -0.2) is 29.5 Å². The van der Waals surface area contributed by atoms with Gasteiger partial charge in [0, 0.05) is 29.4 Å². The number of likely N-dealkylation sites (N-methyl/N-ethyl adjacent to an activating group) is 1. The maximum absolute atomic E-state index is 12.9. The normalized spacial score (nSPS) is 23.5. The zero-order valence-electron chi connectivity index (χ0n) is 21.5. The van der Waals surface area contributed by atoms with E-state index >= 15 is 0 Å². The molecule has 37 heavy (non-hydrogen) atoms. The Labute approximate surface area is 217 Å². The average Bonchev–Trinajstić information content (AvgIpc) is 3.25. The minimum Gasteiger partial charge on any atom is -0.463 e. The van der Waals surface area contributed by atoms with E-state index in [1.165, 1.54) is 16.2 Å². The Morgan fingerprint density at radius 2 is 1.65 bits per heavy atom. The largest absolute Gasteiger partial charge is 0.463 e. The van der Waals surface area contributed by atoms with Crippen molar-refractivity contribution in [2.24, 2.45) is 0 Å². The molecule has 0 aromatic heterocycles. The Hall–Kier alpha value is -3.86. The molecule has 186 valence electrons. The van der Waals surface area contributed by atoms with Crippen molar-refractivity contribution in [1.82, 2.24) is 4.90 Å². The zero-order chi connectivity index (χ0) is 25.5. The van der Waals surface area contributed by atoms with Crippen molar-refractivity contribution < 1.29 is 14.3 Å². The number of amides is 2. The van der Waals surface area contributed by atoms with Gasteiger partial charge in [0.05, 0.1) is 12.0 Å². The summed E-state index contributed by atoms with van der Waals surface area (Å²) >= 11 is 0. The summed E-state index contributed by atoms with van der Waals surface area (Å²) in [5, 5.41) is 2.17. The van der Waals surface area contributed by atoms with Gasteiger partial charge in [0.1, 0.15) is 5.75 Å². The second-order valence-electron chi connectivity index (χ2n) is 11.2. The molecular weight excluding hydrogens is 460 g/mol. The maximum Gasteiger partial charge on any atom is 0.257 e. The van der Waals surface area contributed by atoms with Crippen molar-refractivity contribution >= 4 is 34.4 Å². The van der Waals surface area contributed by atoms with Gasteiger partial charge in [-0.1, -0.05) is 36.4 Å². The topological polar surface area (TPSA) is 49.9 Å². The van der Waals surface area contributed by atoms with Gasteiger partial charge in [0.2, 0.25) is 5.72 Å². The Balaban J connectivity index is 1.21. The summed E-state index contributed by atoms with van der Waals surface area (Å²) in [6.07, 6.45) is 7.82. The first-order valence-corrected chi connectivity index (χ1v) is 13.2. The molecule has 5 nitrogen and oxygen atoms in total. The molecule has 4 aliphatic rings. The van der Waals surface area contributed by atoms with E-state index in [2.05, 4.69) is 80.4 Å². The van der Waals surface area contributed by atoms with Crippen LogP contribution in [0.2, 0.25) is 0 Å². The van der Waals surface area contributed by atoms with Crippen molar-refractivity contribution in [2.75, 3.05) is 11.9 Å². The van der Waals surface area contributed by atoms with Gasteiger partial charge in [-0.05, 0) is 91.8 Å². The highest BCUT2D eigenvalue weighted by Gasteiger charge is 2.57. The van der Waals surface area contributed by atoms with E-state index in [0.717, 1.165) is 64.5 Å². The summed E-state index contributed by atoms with van der Waals surface area (Å²) in [6.45, 7) is 4.79. The highest BCUT2D eigenvalue weighted by atomic mass is 16.5. The average molecular weight is 491 g/mol. The molecule has 1 spiro atoms. The second-order valence-corrected chi connectivity index (χ2v) is 11.2. The molecule has 5 heteroatoms. The standard InChI is InChI=1S/C32H30N2O3/c1-31(2)26-10-6-7-11-27(26)33(3)32(31)17-16-23-22-14-12-20(18-21(22)13-15-28(23)37-32)19-34-29(35)24-8-4-5-9-25(24)30(34)36/h6-7,10-18H,4-5,8-9,19H2,1-3H3. The van der Waals surface area contributed by atoms with Gasteiger partial charge >= 0.3 is 0 Å². The molecular formula is C32H30N2O3. The number of carbonyl (C=O) groups excluding carboxylic acids is 2. The first kappa shape index (κ1) is 22.3. The third kappa shape index (κ3) is 2.91. The van der Waals surface area contributed by atoms with Crippen LogP contribution in [0, 0.1) is 0 Å². The third-order valence-electron chi connectivity index (χ3n) is 8.98. The molecule has 0 saturated carbocycles. The lowest BCUT2D eigenvalue weighted by molar-refractivity contribution is -0.138. The number of ether oxygens (including phenoxy) is 1. The van der Waals surface area contributed by atoms with E-state index in [1.54, 1.807) is 0 Å². The van der Waals surface area contributed by atoms with Crippen LogP contribution in [0.1, 0.15) is 56.2 Å². The van der Waals surface area contributed by atoms with Crippen molar-refractivity contribution in [3.63, 3.8) is 0 Å². The van der Waals surface area contributed by atoms with Crippen LogP contribution in [0.3, 0.4) is 0 Å². The lowest BCUT2D eigenvalue weighted by Gasteiger charge is -2.46. The van der Waals surface area contributed by atoms with Crippen LogP contribution in [0.25, 0.3) is 16.8 Å². The minimum absolute atomic E-state index is 0.101. The predicted molar refractivity (Wildman–Crippen MR) is 145 cm³/mol. The first-order chi connectivity index (χ1) is 17.8. The Morgan fingerprint density at radius 1 is 0.919 bits per heavy atom. The molecule has 2 amide bonds. The first-order valence-electron chi connectivity index (χ1n) is 13.2. The van der Waals surface area contributed by atoms with E-state index in [0.29, 0.717) is 6.54 Å².